The zero-order chi connectivity index (χ0) is 14.7. The van der Waals surface area contributed by atoms with E-state index in [-0.39, 0.29) is 11.0 Å². The highest BCUT2D eigenvalue weighted by Gasteiger charge is 2.20. The van der Waals surface area contributed by atoms with Gasteiger partial charge in [0.15, 0.2) is 0 Å². The maximum Gasteiger partial charge on any atom is 0.328 e. The second-order valence-electron chi connectivity index (χ2n) is 4.95. The summed E-state index contributed by atoms with van der Waals surface area (Å²) in [6.07, 6.45) is 4.26. The Bertz CT molecular complexity index is 545. The van der Waals surface area contributed by atoms with Crippen molar-refractivity contribution < 1.29 is 9.53 Å². The van der Waals surface area contributed by atoms with Crippen molar-refractivity contribution in [2.45, 2.75) is 38.6 Å². The molecule has 0 radical (unpaired) electrons. The monoisotopic (exact) mass is 293 g/mol. The van der Waals surface area contributed by atoms with E-state index in [0.717, 1.165) is 31.4 Å². The Hall–Kier alpha value is -1.69. The number of hydrogen-bond acceptors (Lipinski definition) is 5. The number of carbonyl (C=O) groups is 1. The highest BCUT2D eigenvalue weighted by molar-refractivity contribution is 7.80. The standard InChI is InChI=1S/C14H19N3O2S/c1-8(14(18)19-2)16-13-10(12(15)20)7-9-5-3-4-6-11(9)17-13/h7-8H,3-6H2,1-2H3,(H2,15,20)(H,16,17). The second kappa shape index (κ2) is 6.17. The van der Waals surface area contributed by atoms with Crippen LogP contribution in [0.2, 0.25) is 0 Å². The molecular formula is C14H19N3O2S. The zero-order valence-electron chi connectivity index (χ0n) is 11.7. The van der Waals surface area contributed by atoms with E-state index in [0.29, 0.717) is 11.4 Å². The molecule has 1 aliphatic carbocycles. The number of aryl methyl sites for hydroxylation is 2. The normalized spacial score (nSPS) is 15.1. The molecule has 0 spiro atoms. The van der Waals surface area contributed by atoms with Crippen molar-refractivity contribution in [1.29, 1.82) is 0 Å². The number of thiocarbonyl (C=S) groups is 1. The van der Waals surface area contributed by atoms with Crippen molar-refractivity contribution in [1.82, 2.24) is 4.98 Å². The number of methoxy groups -OCH3 is 1. The fourth-order valence-electron chi connectivity index (χ4n) is 2.37. The molecule has 1 heterocycles. The number of anilines is 1. The van der Waals surface area contributed by atoms with Gasteiger partial charge in [0.1, 0.15) is 16.8 Å². The van der Waals surface area contributed by atoms with Gasteiger partial charge in [-0.1, -0.05) is 12.2 Å². The number of rotatable bonds is 4. The molecule has 0 fully saturated rings. The lowest BCUT2D eigenvalue weighted by Crippen LogP contribution is -2.29. The van der Waals surface area contributed by atoms with E-state index in [1.165, 1.54) is 12.7 Å². The summed E-state index contributed by atoms with van der Waals surface area (Å²) in [5.41, 5.74) is 8.73. The maximum atomic E-state index is 11.5. The average Bonchev–Trinajstić information content (AvgIpc) is 2.45. The molecule has 5 nitrogen and oxygen atoms in total. The summed E-state index contributed by atoms with van der Waals surface area (Å²) in [5, 5.41) is 3.04. The lowest BCUT2D eigenvalue weighted by Gasteiger charge is -2.20. The minimum Gasteiger partial charge on any atom is -0.467 e. The third-order valence-corrected chi connectivity index (χ3v) is 3.69. The number of nitrogens with one attached hydrogen (secondary N) is 1. The number of nitrogens with two attached hydrogens (primary N) is 1. The zero-order valence-corrected chi connectivity index (χ0v) is 12.5. The van der Waals surface area contributed by atoms with Crippen LogP contribution in [-0.2, 0) is 22.4 Å². The van der Waals surface area contributed by atoms with Crippen LogP contribution in [0, 0.1) is 0 Å². The summed E-state index contributed by atoms with van der Waals surface area (Å²) in [5.74, 6) is 0.217. The number of fused-ring (bicyclic) bond motifs is 1. The third kappa shape index (κ3) is 3.07. The largest absolute Gasteiger partial charge is 0.467 e. The molecule has 3 N–H and O–H groups in total. The molecule has 1 unspecified atom stereocenters. The molecule has 108 valence electrons. The molecule has 20 heavy (non-hydrogen) atoms. The second-order valence-corrected chi connectivity index (χ2v) is 5.39. The quantitative estimate of drug-likeness (QED) is 0.648. The Morgan fingerprint density at radius 2 is 2.20 bits per heavy atom. The van der Waals surface area contributed by atoms with Crippen LogP contribution in [0.1, 0.15) is 36.6 Å². The minimum atomic E-state index is -0.498. The molecule has 6 heteroatoms. The van der Waals surface area contributed by atoms with Crippen LogP contribution in [0.3, 0.4) is 0 Å². The minimum absolute atomic E-state index is 0.283. The first-order valence-corrected chi connectivity index (χ1v) is 7.10. The van der Waals surface area contributed by atoms with Crippen LogP contribution in [0.25, 0.3) is 0 Å². The lowest BCUT2D eigenvalue weighted by atomic mass is 9.94. The van der Waals surface area contributed by atoms with E-state index >= 15 is 0 Å². The van der Waals surface area contributed by atoms with Gasteiger partial charge in [0, 0.05) is 5.69 Å². The number of ether oxygens (including phenoxy) is 1. The van der Waals surface area contributed by atoms with Crippen molar-refractivity contribution in [2.24, 2.45) is 5.73 Å². The summed E-state index contributed by atoms with van der Waals surface area (Å²) < 4.78 is 4.70. The van der Waals surface area contributed by atoms with Gasteiger partial charge < -0.3 is 15.8 Å². The first-order valence-electron chi connectivity index (χ1n) is 6.70. The predicted molar refractivity (Wildman–Crippen MR) is 81.9 cm³/mol. The fourth-order valence-corrected chi connectivity index (χ4v) is 2.53. The van der Waals surface area contributed by atoms with Gasteiger partial charge in [0.2, 0.25) is 0 Å². The molecule has 0 saturated heterocycles. The number of nitrogens with zero attached hydrogens (tertiary/aromatic N) is 1. The van der Waals surface area contributed by atoms with Gasteiger partial charge in [-0.2, -0.15) is 0 Å². The molecule has 0 aliphatic heterocycles. The maximum absolute atomic E-state index is 11.5. The molecule has 0 bridgehead atoms. The fraction of sp³-hybridized carbons (Fsp3) is 0.500. The van der Waals surface area contributed by atoms with Crippen LogP contribution < -0.4 is 11.1 Å². The molecule has 0 saturated carbocycles. The van der Waals surface area contributed by atoms with E-state index in [2.05, 4.69) is 10.3 Å². The van der Waals surface area contributed by atoms with Gasteiger partial charge in [0.05, 0.1) is 12.7 Å². The summed E-state index contributed by atoms with van der Waals surface area (Å²) in [7, 11) is 1.36. The highest BCUT2D eigenvalue weighted by atomic mass is 32.1. The molecule has 0 aromatic carbocycles. The van der Waals surface area contributed by atoms with Gasteiger partial charge in [-0.3, -0.25) is 0 Å². The molecule has 2 rings (SSSR count). The van der Waals surface area contributed by atoms with Gasteiger partial charge in [0.25, 0.3) is 0 Å². The Balaban J connectivity index is 2.35. The topological polar surface area (TPSA) is 77.2 Å². The Morgan fingerprint density at radius 3 is 2.85 bits per heavy atom. The van der Waals surface area contributed by atoms with E-state index in [4.69, 9.17) is 22.7 Å². The van der Waals surface area contributed by atoms with Gasteiger partial charge in [-0.25, -0.2) is 9.78 Å². The highest BCUT2D eigenvalue weighted by Crippen LogP contribution is 2.25. The molecule has 1 aromatic rings. The summed E-state index contributed by atoms with van der Waals surface area (Å²) in [6.45, 7) is 1.72. The van der Waals surface area contributed by atoms with Gasteiger partial charge >= 0.3 is 5.97 Å². The number of aromatic nitrogens is 1. The Labute approximate surface area is 123 Å². The van der Waals surface area contributed by atoms with Crippen molar-refractivity contribution in [3.63, 3.8) is 0 Å². The van der Waals surface area contributed by atoms with Crippen molar-refractivity contribution >= 4 is 29.0 Å². The SMILES string of the molecule is COC(=O)C(C)Nc1nc2c(cc1C(N)=S)CCCC2. The van der Waals surface area contributed by atoms with Gasteiger partial charge in [-0.15, -0.1) is 0 Å². The Kier molecular flexibility index (Phi) is 4.54. The van der Waals surface area contributed by atoms with Crippen LogP contribution in [0.4, 0.5) is 5.82 Å². The number of carbonyl (C=O) groups excluding carboxylic acids is 1. The molecule has 1 atom stereocenters. The first kappa shape index (κ1) is 14.7. The number of pyridine rings is 1. The Morgan fingerprint density at radius 1 is 1.50 bits per heavy atom. The van der Waals surface area contributed by atoms with Gasteiger partial charge in [-0.05, 0) is 44.2 Å². The van der Waals surface area contributed by atoms with Crippen molar-refractivity contribution in [3.05, 3.63) is 22.9 Å². The summed E-state index contributed by atoms with van der Waals surface area (Å²) in [4.78, 5) is 16.4. The number of esters is 1. The molecule has 1 aromatic heterocycles. The van der Waals surface area contributed by atoms with E-state index in [9.17, 15) is 4.79 Å². The first-order chi connectivity index (χ1) is 9.52. The van der Waals surface area contributed by atoms with E-state index < -0.39 is 6.04 Å². The van der Waals surface area contributed by atoms with E-state index in [1.807, 2.05) is 6.07 Å². The summed E-state index contributed by atoms with van der Waals surface area (Å²) >= 11 is 5.08. The van der Waals surface area contributed by atoms with Crippen LogP contribution in [0.5, 0.6) is 0 Å². The van der Waals surface area contributed by atoms with E-state index in [1.54, 1.807) is 6.92 Å². The van der Waals surface area contributed by atoms with Crippen molar-refractivity contribution in [2.75, 3.05) is 12.4 Å². The molecular weight excluding hydrogens is 274 g/mol. The van der Waals surface area contributed by atoms with Crippen LogP contribution in [-0.4, -0.2) is 29.1 Å². The van der Waals surface area contributed by atoms with Crippen molar-refractivity contribution in [3.8, 4) is 0 Å². The number of hydrogen-bond donors (Lipinski definition) is 2. The lowest BCUT2D eigenvalue weighted by molar-refractivity contribution is -0.141. The average molecular weight is 293 g/mol. The molecule has 0 amide bonds. The van der Waals surface area contributed by atoms with Crippen LogP contribution in [0.15, 0.2) is 6.07 Å². The predicted octanol–water partition coefficient (Wildman–Crippen LogP) is 1.57. The molecule has 1 aliphatic rings. The smallest absolute Gasteiger partial charge is 0.328 e. The summed E-state index contributed by atoms with van der Waals surface area (Å²) in [6, 6.07) is 1.50. The third-order valence-electron chi connectivity index (χ3n) is 3.47. The van der Waals surface area contributed by atoms with Crippen LogP contribution >= 0.6 is 12.2 Å².